The number of aliphatic carboxylic acids is 3. The van der Waals surface area contributed by atoms with Crippen LogP contribution in [0.15, 0.2) is 0 Å². The lowest BCUT2D eigenvalue weighted by Crippen LogP contribution is -2.44. The van der Waals surface area contributed by atoms with Gasteiger partial charge in [0.2, 0.25) is 17.7 Å². The fourth-order valence-corrected chi connectivity index (χ4v) is 4.92. The van der Waals surface area contributed by atoms with Crippen molar-refractivity contribution in [3.8, 4) is 0 Å². The fourth-order valence-electron chi connectivity index (χ4n) is 4.92. The first-order valence-corrected chi connectivity index (χ1v) is 16.6. The van der Waals surface area contributed by atoms with Crippen molar-refractivity contribution in [1.29, 1.82) is 0 Å². The van der Waals surface area contributed by atoms with Crippen molar-refractivity contribution in [2.45, 2.75) is 160 Å². The van der Waals surface area contributed by atoms with E-state index >= 15 is 0 Å². The van der Waals surface area contributed by atoms with Crippen LogP contribution in [-0.2, 0) is 28.8 Å². The molecule has 0 aliphatic rings. The van der Waals surface area contributed by atoms with Gasteiger partial charge < -0.3 is 31.3 Å². The maximum atomic E-state index is 12.2. The molecule has 0 radical (unpaired) electrons. The van der Waals surface area contributed by atoms with Crippen LogP contribution in [0.5, 0.6) is 0 Å². The molecule has 0 spiro atoms. The molecule has 0 heterocycles. The van der Waals surface area contributed by atoms with Crippen LogP contribution in [0, 0.1) is 0 Å². The van der Waals surface area contributed by atoms with Gasteiger partial charge in [0, 0.05) is 32.2 Å². The smallest absolute Gasteiger partial charge is 0.326 e. The zero-order chi connectivity index (χ0) is 33.0. The van der Waals surface area contributed by atoms with Gasteiger partial charge in [-0.2, -0.15) is 0 Å². The van der Waals surface area contributed by atoms with E-state index in [0.29, 0.717) is 13.0 Å². The Hall–Kier alpha value is -3.18. The predicted octanol–water partition coefficient (Wildman–Crippen LogP) is 4.93. The number of carboxylic acid groups (broad SMARTS) is 3. The van der Waals surface area contributed by atoms with Gasteiger partial charge >= 0.3 is 17.9 Å². The molecule has 44 heavy (non-hydrogen) atoms. The normalized spacial score (nSPS) is 12.2. The maximum absolute atomic E-state index is 12.2. The van der Waals surface area contributed by atoms with Gasteiger partial charge in [0.25, 0.3) is 0 Å². The summed E-state index contributed by atoms with van der Waals surface area (Å²) in [4.78, 5) is 69.4. The van der Waals surface area contributed by atoms with Crippen molar-refractivity contribution in [2.75, 3.05) is 6.54 Å². The third-order valence-electron chi connectivity index (χ3n) is 7.51. The predicted molar refractivity (Wildman–Crippen MR) is 167 cm³/mol. The number of hydrogen-bond donors (Lipinski definition) is 6. The van der Waals surface area contributed by atoms with Crippen LogP contribution < -0.4 is 16.0 Å². The largest absolute Gasteiger partial charge is 0.481 e. The van der Waals surface area contributed by atoms with Crippen LogP contribution in [0.3, 0.4) is 0 Å². The van der Waals surface area contributed by atoms with E-state index < -0.39 is 35.9 Å². The number of unbranched alkanes of at least 4 members (excludes halogenated alkanes) is 15. The molecule has 0 saturated heterocycles. The van der Waals surface area contributed by atoms with Gasteiger partial charge in [-0.25, -0.2) is 9.59 Å². The fraction of sp³-hybridized carbons (Fsp3) is 0.812. The second-order valence-electron chi connectivity index (χ2n) is 11.5. The van der Waals surface area contributed by atoms with Gasteiger partial charge in [0.05, 0.1) is 0 Å². The summed E-state index contributed by atoms with van der Waals surface area (Å²) in [7, 11) is 0. The Bertz CT molecular complexity index is 851. The summed E-state index contributed by atoms with van der Waals surface area (Å²) >= 11 is 0. The molecule has 0 aromatic heterocycles. The highest BCUT2D eigenvalue weighted by Gasteiger charge is 2.24. The molecule has 0 aliphatic carbocycles. The molecular formula is C32H57N3O9. The maximum Gasteiger partial charge on any atom is 0.326 e. The lowest BCUT2D eigenvalue weighted by Gasteiger charge is -2.17. The Morgan fingerprint density at radius 1 is 0.455 bits per heavy atom. The average molecular weight is 628 g/mol. The Labute approximate surface area is 262 Å². The van der Waals surface area contributed by atoms with Crippen molar-refractivity contribution in [3.05, 3.63) is 0 Å². The molecule has 0 aliphatic heterocycles. The number of hydrogen-bond acceptors (Lipinski definition) is 6. The van der Waals surface area contributed by atoms with E-state index in [1.165, 1.54) is 57.8 Å². The highest BCUT2D eigenvalue weighted by Crippen LogP contribution is 2.14. The Kier molecular flexibility index (Phi) is 25.4. The quantitative estimate of drug-likeness (QED) is 0.0598. The van der Waals surface area contributed by atoms with E-state index in [2.05, 4.69) is 16.0 Å². The highest BCUT2D eigenvalue weighted by molar-refractivity contribution is 5.86. The van der Waals surface area contributed by atoms with Crippen molar-refractivity contribution >= 4 is 35.6 Å². The van der Waals surface area contributed by atoms with Crippen molar-refractivity contribution in [2.24, 2.45) is 0 Å². The first-order valence-electron chi connectivity index (χ1n) is 16.6. The molecule has 0 rings (SSSR count). The second kappa shape index (κ2) is 27.4. The summed E-state index contributed by atoms with van der Waals surface area (Å²) in [5, 5.41) is 34.7. The van der Waals surface area contributed by atoms with Crippen LogP contribution in [0.4, 0.5) is 0 Å². The van der Waals surface area contributed by atoms with Gasteiger partial charge in [0.1, 0.15) is 12.1 Å². The molecule has 0 bridgehead atoms. The molecule has 12 heteroatoms. The SMILES string of the molecule is CCNC(=O)CC[C@H](NC(=O)CC[C@H](NC(=O)CCCCCCCCCCCCCCCCCCC(=O)O)C(=O)O)C(=O)O. The molecule has 0 unspecified atom stereocenters. The van der Waals surface area contributed by atoms with E-state index in [4.69, 9.17) is 5.11 Å². The lowest BCUT2D eigenvalue weighted by molar-refractivity contribution is -0.143. The summed E-state index contributed by atoms with van der Waals surface area (Å²) in [5.74, 6) is -4.62. The van der Waals surface area contributed by atoms with Gasteiger partial charge in [-0.05, 0) is 32.6 Å². The Balaban J connectivity index is 3.88. The molecule has 0 fully saturated rings. The minimum Gasteiger partial charge on any atom is -0.481 e. The first kappa shape index (κ1) is 40.8. The molecule has 6 N–H and O–H groups in total. The zero-order valence-corrected chi connectivity index (χ0v) is 26.7. The summed E-state index contributed by atoms with van der Waals surface area (Å²) in [6.45, 7) is 2.15. The first-order chi connectivity index (χ1) is 21.1. The summed E-state index contributed by atoms with van der Waals surface area (Å²) in [6.07, 6.45) is 17.5. The van der Waals surface area contributed by atoms with E-state index in [1.807, 2.05) is 0 Å². The third-order valence-corrected chi connectivity index (χ3v) is 7.51. The number of carbonyl (C=O) groups excluding carboxylic acids is 3. The second-order valence-corrected chi connectivity index (χ2v) is 11.5. The van der Waals surface area contributed by atoms with Crippen molar-refractivity contribution in [3.63, 3.8) is 0 Å². The molecular weight excluding hydrogens is 570 g/mol. The van der Waals surface area contributed by atoms with Crippen LogP contribution in [0.25, 0.3) is 0 Å². The number of carboxylic acids is 3. The van der Waals surface area contributed by atoms with Crippen molar-refractivity contribution < 1.29 is 44.1 Å². The molecule has 3 amide bonds. The van der Waals surface area contributed by atoms with Crippen LogP contribution >= 0.6 is 0 Å². The van der Waals surface area contributed by atoms with Gasteiger partial charge in [-0.15, -0.1) is 0 Å². The summed E-state index contributed by atoms with van der Waals surface area (Å²) in [5.41, 5.74) is 0. The molecule has 0 saturated carbocycles. The zero-order valence-electron chi connectivity index (χ0n) is 26.7. The van der Waals surface area contributed by atoms with Crippen LogP contribution in [0.1, 0.15) is 148 Å². The Morgan fingerprint density at radius 2 is 0.773 bits per heavy atom. The summed E-state index contributed by atoms with van der Waals surface area (Å²) < 4.78 is 0. The van der Waals surface area contributed by atoms with Gasteiger partial charge in [-0.1, -0.05) is 89.9 Å². The van der Waals surface area contributed by atoms with Gasteiger partial charge in [-0.3, -0.25) is 19.2 Å². The van der Waals surface area contributed by atoms with E-state index in [9.17, 15) is 39.0 Å². The molecule has 0 aromatic rings. The topological polar surface area (TPSA) is 199 Å². The lowest BCUT2D eigenvalue weighted by atomic mass is 10.0. The Morgan fingerprint density at radius 3 is 1.11 bits per heavy atom. The van der Waals surface area contributed by atoms with Gasteiger partial charge in [0.15, 0.2) is 0 Å². The molecule has 254 valence electrons. The number of amides is 3. The third kappa shape index (κ3) is 25.3. The van der Waals surface area contributed by atoms with Crippen LogP contribution in [-0.4, -0.2) is 69.6 Å². The molecule has 0 aromatic carbocycles. The minimum atomic E-state index is -1.28. The average Bonchev–Trinajstić information content (AvgIpc) is 2.96. The van der Waals surface area contributed by atoms with E-state index in [1.54, 1.807) is 6.92 Å². The van der Waals surface area contributed by atoms with E-state index in [0.717, 1.165) is 38.5 Å². The highest BCUT2D eigenvalue weighted by atomic mass is 16.4. The monoisotopic (exact) mass is 627 g/mol. The van der Waals surface area contributed by atoms with Crippen molar-refractivity contribution in [1.82, 2.24) is 16.0 Å². The molecule has 12 nitrogen and oxygen atoms in total. The molecule has 2 atom stereocenters. The number of rotatable bonds is 30. The number of carbonyl (C=O) groups is 6. The van der Waals surface area contributed by atoms with E-state index in [-0.39, 0.29) is 50.3 Å². The van der Waals surface area contributed by atoms with Crippen LogP contribution in [0.2, 0.25) is 0 Å². The minimum absolute atomic E-state index is 0.0680. The summed E-state index contributed by atoms with van der Waals surface area (Å²) in [6, 6.07) is -2.51. The standard InChI is InChI=1S/C32H57N3O9/c1-2-33-27(36)23-21-25(31(41)42)35-29(38)24-22-26(32(43)44)34-28(37)19-17-15-13-11-9-7-5-3-4-6-8-10-12-14-16-18-20-30(39)40/h25-26H,2-24H2,1H3,(H,33,36)(H,34,37)(H,35,38)(H,39,40)(H,41,42)(H,43,44)/t25-,26-/m0/s1. The number of nitrogens with one attached hydrogen (secondary N) is 3.